The van der Waals surface area contributed by atoms with Crippen LogP contribution >= 0.6 is 0 Å². The smallest absolute Gasteiger partial charge is 0.224 e. The highest BCUT2D eigenvalue weighted by Crippen LogP contribution is 2.33. The minimum Gasteiger partial charge on any atom is -0.354 e. The minimum atomic E-state index is 0.107. The molecule has 0 spiro atoms. The number of aromatic nitrogens is 1. The molecule has 3 nitrogen and oxygen atoms in total. The Balaban J connectivity index is 2.20. The predicted molar refractivity (Wildman–Crippen MR) is 72.4 cm³/mol. The molecule has 3 rings (SSSR count). The van der Waals surface area contributed by atoms with Crippen LogP contribution in [0.5, 0.6) is 0 Å². The van der Waals surface area contributed by atoms with E-state index in [1.807, 2.05) is 18.2 Å². The highest BCUT2D eigenvalue weighted by Gasteiger charge is 2.16. The molecule has 0 fully saturated rings. The molecule has 1 aromatic carbocycles. The Labute approximate surface area is 106 Å². The molecule has 1 N–H and O–H groups in total. The van der Waals surface area contributed by atoms with Crippen LogP contribution in [0, 0.1) is 0 Å². The van der Waals surface area contributed by atoms with Gasteiger partial charge in [0.2, 0.25) is 5.91 Å². The molecule has 1 amide bonds. The first-order valence-corrected chi connectivity index (χ1v) is 6.29. The molecule has 2 heterocycles. The van der Waals surface area contributed by atoms with Crippen molar-refractivity contribution in [3.63, 3.8) is 0 Å². The van der Waals surface area contributed by atoms with Gasteiger partial charge in [-0.05, 0) is 25.0 Å². The fraction of sp³-hybridized carbons (Fsp3) is 0.267. The highest BCUT2D eigenvalue weighted by molar-refractivity contribution is 5.96. The summed E-state index contributed by atoms with van der Waals surface area (Å²) in [5, 5.41) is 3.00. The number of nitrogens with one attached hydrogen (secondary N) is 1. The van der Waals surface area contributed by atoms with Crippen LogP contribution in [-0.4, -0.2) is 10.5 Å². The Morgan fingerprint density at radius 2 is 1.94 bits per heavy atom. The van der Waals surface area contributed by atoms with Gasteiger partial charge >= 0.3 is 0 Å². The van der Waals surface area contributed by atoms with Crippen LogP contribution in [-0.2, 0) is 18.3 Å². The number of rotatable bonds is 0. The summed E-state index contributed by atoms with van der Waals surface area (Å²) >= 11 is 0. The quantitative estimate of drug-likeness (QED) is 0.754. The highest BCUT2D eigenvalue weighted by atomic mass is 16.1. The molecule has 0 unspecified atom stereocenters. The molecule has 18 heavy (non-hydrogen) atoms. The van der Waals surface area contributed by atoms with Crippen molar-refractivity contribution < 1.29 is 4.79 Å². The largest absolute Gasteiger partial charge is 0.354 e. The van der Waals surface area contributed by atoms with Crippen LogP contribution in [0.4, 0.5) is 5.69 Å². The van der Waals surface area contributed by atoms with E-state index in [9.17, 15) is 4.79 Å². The second-order valence-corrected chi connectivity index (χ2v) is 4.73. The molecule has 0 bridgehead atoms. The number of amides is 1. The van der Waals surface area contributed by atoms with Crippen LogP contribution in [0.25, 0.3) is 11.1 Å². The van der Waals surface area contributed by atoms with E-state index in [0.717, 1.165) is 24.1 Å². The number of fused-ring (bicyclic) bond motifs is 3. The van der Waals surface area contributed by atoms with Gasteiger partial charge < -0.3 is 9.88 Å². The van der Waals surface area contributed by atoms with Crippen LogP contribution in [0.3, 0.4) is 0 Å². The van der Waals surface area contributed by atoms with Gasteiger partial charge in [0.05, 0.1) is 0 Å². The molecule has 2 aromatic rings. The SMILES string of the molecule is Cn1ccc2c1CCCC(=O)Nc1ccccc1-2. The summed E-state index contributed by atoms with van der Waals surface area (Å²) in [7, 11) is 2.06. The normalized spacial score (nSPS) is 14.8. The van der Waals surface area contributed by atoms with Gasteiger partial charge in [-0.25, -0.2) is 0 Å². The van der Waals surface area contributed by atoms with Crippen molar-refractivity contribution >= 4 is 11.6 Å². The van der Waals surface area contributed by atoms with E-state index in [1.165, 1.54) is 11.3 Å². The first-order chi connectivity index (χ1) is 8.75. The predicted octanol–water partition coefficient (Wildman–Crippen LogP) is 2.97. The van der Waals surface area contributed by atoms with Gasteiger partial charge in [-0.3, -0.25) is 4.79 Å². The van der Waals surface area contributed by atoms with E-state index < -0.39 is 0 Å². The van der Waals surface area contributed by atoms with Crippen molar-refractivity contribution in [2.45, 2.75) is 19.3 Å². The molecule has 1 aromatic heterocycles. The topological polar surface area (TPSA) is 34.0 Å². The summed E-state index contributed by atoms with van der Waals surface area (Å²) in [4.78, 5) is 11.8. The number of para-hydroxylation sites is 1. The molecule has 0 aliphatic carbocycles. The average molecular weight is 240 g/mol. The Kier molecular flexibility index (Phi) is 2.67. The molecule has 0 saturated carbocycles. The van der Waals surface area contributed by atoms with Crippen molar-refractivity contribution in [3.8, 4) is 11.1 Å². The van der Waals surface area contributed by atoms with E-state index in [0.29, 0.717) is 6.42 Å². The lowest BCUT2D eigenvalue weighted by Crippen LogP contribution is -2.11. The van der Waals surface area contributed by atoms with Gasteiger partial charge in [-0.15, -0.1) is 0 Å². The van der Waals surface area contributed by atoms with Gasteiger partial charge in [0.1, 0.15) is 0 Å². The van der Waals surface area contributed by atoms with Crippen molar-refractivity contribution in [1.82, 2.24) is 4.57 Å². The number of nitrogens with zero attached hydrogens (tertiary/aromatic N) is 1. The van der Waals surface area contributed by atoms with Crippen molar-refractivity contribution in [2.75, 3.05) is 5.32 Å². The van der Waals surface area contributed by atoms with E-state index in [-0.39, 0.29) is 5.91 Å². The molecular weight excluding hydrogens is 224 g/mol. The zero-order chi connectivity index (χ0) is 12.5. The van der Waals surface area contributed by atoms with E-state index in [4.69, 9.17) is 0 Å². The summed E-state index contributed by atoms with van der Waals surface area (Å²) < 4.78 is 2.15. The Morgan fingerprint density at radius 3 is 2.83 bits per heavy atom. The van der Waals surface area contributed by atoms with E-state index >= 15 is 0 Å². The van der Waals surface area contributed by atoms with Crippen molar-refractivity contribution in [1.29, 1.82) is 0 Å². The number of hydrogen-bond acceptors (Lipinski definition) is 1. The summed E-state index contributed by atoms with van der Waals surface area (Å²) in [5.41, 5.74) is 4.56. The molecule has 0 atom stereocenters. The molecular formula is C15H16N2O. The Morgan fingerprint density at radius 1 is 1.11 bits per heavy atom. The van der Waals surface area contributed by atoms with Crippen molar-refractivity contribution in [3.05, 3.63) is 42.2 Å². The number of carbonyl (C=O) groups excluding carboxylic acids is 1. The lowest BCUT2D eigenvalue weighted by Gasteiger charge is -2.10. The maximum atomic E-state index is 11.8. The number of benzene rings is 1. The monoisotopic (exact) mass is 240 g/mol. The third kappa shape index (κ3) is 1.82. The first kappa shape index (κ1) is 11.1. The molecule has 1 aliphatic heterocycles. The third-order valence-electron chi connectivity index (χ3n) is 3.51. The Hall–Kier alpha value is -2.03. The van der Waals surface area contributed by atoms with Crippen molar-refractivity contribution in [2.24, 2.45) is 7.05 Å². The summed E-state index contributed by atoms with van der Waals surface area (Å²) in [6.45, 7) is 0. The van der Waals surface area contributed by atoms with Crippen LogP contribution in [0.15, 0.2) is 36.5 Å². The fourth-order valence-corrected chi connectivity index (χ4v) is 2.57. The summed E-state index contributed by atoms with van der Waals surface area (Å²) in [6, 6.07) is 10.1. The summed E-state index contributed by atoms with van der Waals surface area (Å²) in [5.74, 6) is 0.107. The lowest BCUT2D eigenvalue weighted by atomic mass is 10.0. The second kappa shape index (κ2) is 4.33. The number of hydrogen-bond donors (Lipinski definition) is 1. The van der Waals surface area contributed by atoms with Crippen LogP contribution in [0.1, 0.15) is 18.5 Å². The molecule has 1 aliphatic rings. The number of aryl methyl sites for hydroxylation is 1. The minimum absolute atomic E-state index is 0.107. The van der Waals surface area contributed by atoms with Crippen LogP contribution < -0.4 is 5.32 Å². The third-order valence-corrected chi connectivity index (χ3v) is 3.51. The number of anilines is 1. The standard InChI is InChI=1S/C15H16N2O/c1-17-10-9-12-11-5-2-3-6-13(11)16-15(18)8-4-7-14(12)17/h2-3,5-6,9-10H,4,7-8H2,1H3,(H,16,18). The van der Waals surface area contributed by atoms with E-state index in [2.05, 4.69) is 35.3 Å². The maximum Gasteiger partial charge on any atom is 0.224 e. The molecule has 92 valence electrons. The lowest BCUT2D eigenvalue weighted by molar-refractivity contribution is -0.116. The maximum absolute atomic E-state index is 11.8. The van der Waals surface area contributed by atoms with Gasteiger partial charge in [-0.2, -0.15) is 0 Å². The fourth-order valence-electron chi connectivity index (χ4n) is 2.57. The molecule has 3 heteroatoms. The second-order valence-electron chi connectivity index (χ2n) is 4.73. The van der Waals surface area contributed by atoms with Gasteiger partial charge in [0.25, 0.3) is 0 Å². The Bertz CT molecular complexity index is 598. The zero-order valence-electron chi connectivity index (χ0n) is 10.4. The number of carbonyl (C=O) groups is 1. The summed E-state index contributed by atoms with van der Waals surface area (Å²) in [6.07, 6.45) is 4.51. The average Bonchev–Trinajstić information content (AvgIpc) is 2.73. The van der Waals surface area contributed by atoms with E-state index in [1.54, 1.807) is 0 Å². The van der Waals surface area contributed by atoms with Gasteiger partial charge in [0.15, 0.2) is 0 Å². The van der Waals surface area contributed by atoms with Crippen LogP contribution in [0.2, 0.25) is 0 Å². The zero-order valence-corrected chi connectivity index (χ0v) is 10.4. The van der Waals surface area contributed by atoms with Gasteiger partial charge in [-0.1, -0.05) is 18.2 Å². The van der Waals surface area contributed by atoms with Gasteiger partial charge in [0, 0.05) is 42.2 Å². The molecule has 0 radical (unpaired) electrons. The first-order valence-electron chi connectivity index (χ1n) is 6.29. The molecule has 0 saturated heterocycles.